The zero-order valence-corrected chi connectivity index (χ0v) is 14.5. The van der Waals surface area contributed by atoms with E-state index in [1.807, 2.05) is 30.3 Å². The molecule has 0 unspecified atom stereocenters. The molecule has 1 aromatic heterocycles. The average Bonchev–Trinajstić information content (AvgIpc) is 3.36. The zero-order valence-electron chi connectivity index (χ0n) is 13.6. The van der Waals surface area contributed by atoms with E-state index in [9.17, 15) is 0 Å². The third-order valence-corrected chi connectivity index (χ3v) is 5.21. The van der Waals surface area contributed by atoms with Crippen molar-refractivity contribution in [1.82, 2.24) is 9.88 Å². The molecule has 1 saturated carbocycles. The topological polar surface area (TPSA) is 25.4 Å². The Balaban J connectivity index is 1.43. The van der Waals surface area contributed by atoms with Crippen LogP contribution in [0.2, 0.25) is 0 Å². The highest BCUT2D eigenvalue weighted by Crippen LogP contribution is 2.32. The molecule has 0 aliphatic heterocycles. The number of ether oxygens (including phenoxy) is 1. The van der Waals surface area contributed by atoms with Crippen LogP contribution in [0.3, 0.4) is 0 Å². The van der Waals surface area contributed by atoms with Crippen LogP contribution in [0, 0.1) is 6.92 Å². The molecule has 0 saturated heterocycles. The van der Waals surface area contributed by atoms with E-state index in [2.05, 4.69) is 35.0 Å². The summed E-state index contributed by atoms with van der Waals surface area (Å²) in [6, 6.07) is 17.3. The first-order chi connectivity index (χ1) is 11.8. The van der Waals surface area contributed by atoms with Crippen LogP contribution in [0.15, 0.2) is 48.5 Å². The van der Waals surface area contributed by atoms with E-state index >= 15 is 0 Å². The monoisotopic (exact) mass is 337 g/mol. The fourth-order valence-electron chi connectivity index (χ4n) is 2.93. The molecule has 2 aromatic carbocycles. The normalized spacial score (nSPS) is 14.4. The number of rotatable bonds is 7. The van der Waals surface area contributed by atoms with Crippen LogP contribution in [0.1, 0.15) is 24.8 Å². The van der Waals surface area contributed by atoms with Gasteiger partial charge in [-0.15, -0.1) is 0 Å². The van der Waals surface area contributed by atoms with Gasteiger partial charge in [0.1, 0.15) is 5.75 Å². The smallest absolute Gasteiger partial charge is 0.279 e. The second-order valence-corrected chi connectivity index (χ2v) is 7.24. The molecule has 1 aliphatic carbocycles. The Morgan fingerprint density at radius 2 is 1.92 bits per heavy atom. The third-order valence-electron chi connectivity index (χ3n) is 4.30. The Kier molecular flexibility index (Phi) is 4.50. The number of fused-ring (bicyclic) bond motifs is 1. The van der Waals surface area contributed by atoms with Gasteiger partial charge in [-0.1, -0.05) is 42.5 Å². The maximum absolute atomic E-state index is 5.91. The predicted octanol–water partition coefficient (Wildman–Crippen LogP) is 5.28. The maximum atomic E-state index is 5.91. The molecule has 1 fully saturated rings. The van der Waals surface area contributed by atoms with Gasteiger partial charge in [-0.25, -0.2) is 4.98 Å². The Labute approximate surface area is 146 Å². The number of thiazole rings is 1. The SMILES string of the molecule is [CH2]CCN(Cc1ccc(Oc2nc3ccccc3s2)cc1)C1CC1. The van der Waals surface area contributed by atoms with Crippen molar-refractivity contribution in [2.24, 2.45) is 0 Å². The van der Waals surface area contributed by atoms with Crippen molar-refractivity contribution in [3.63, 3.8) is 0 Å². The minimum atomic E-state index is 0.695. The molecule has 1 aliphatic rings. The maximum Gasteiger partial charge on any atom is 0.279 e. The second-order valence-electron chi connectivity index (χ2n) is 6.25. The van der Waals surface area contributed by atoms with Crippen molar-refractivity contribution in [3.05, 3.63) is 61.0 Å². The minimum Gasteiger partial charge on any atom is -0.431 e. The lowest BCUT2D eigenvalue weighted by atomic mass is 10.2. The summed E-state index contributed by atoms with van der Waals surface area (Å²) in [5, 5.41) is 0.695. The first-order valence-electron chi connectivity index (χ1n) is 8.47. The largest absolute Gasteiger partial charge is 0.431 e. The molecule has 0 bridgehead atoms. The molecular weight excluding hydrogens is 316 g/mol. The number of benzene rings is 2. The molecule has 0 spiro atoms. The molecule has 3 aromatic rings. The van der Waals surface area contributed by atoms with Crippen LogP contribution in [-0.4, -0.2) is 22.5 Å². The highest BCUT2D eigenvalue weighted by molar-refractivity contribution is 7.20. The fraction of sp³-hybridized carbons (Fsp3) is 0.300. The summed E-state index contributed by atoms with van der Waals surface area (Å²) in [5.74, 6) is 0.841. The van der Waals surface area contributed by atoms with Crippen molar-refractivity contribution in [2.75, 3.05) is 6.54 Å². The first kappa shape index (κ1) is 15.6. The van der Waals surface area contributed by atoms with Crippen LogP contribution in [-0.2, 0) is 6.54 Å². The van der Waals surface area contributed by atoms with Gasteiger partial charge in [0.2, 0.25) is 0 Å². The Bertz CT molecular complexity index is 775. The van der Waals surface area contributed by atoms with Gasteiger partial charge in [-0.2, -0.15) is 0 Å². The molecule has 24 heavy (non-hydrogen) atoms. The molecule has 0 atom stereocenters. The standard InChI is InChI=1S/C20H21N2OS/c1-2-13-22(16-9-10-16)14-15-7-11-17(12-8-15)23-20-21-18-5-3-4-6-19(18)24-20/h3-8,11-12,16H,1-2,9-10,13-14H2. The van der Waals surface area contributed by atoms with Crippen LogP contribution >= 0.6 is 11.3 Å². The van der Waals surface area contributed by atoms with Gasteiger partial charge in [0.15, 0.2) is 0 Å². The van der Waals surface area contributed by atoms with Crippen molar-refractivity contribution < 1.29 is 4.74 Å². The Hall–Kier alpha value is -1.91. The Morgan fingerprint density at radius 1 is 1.12 bits per heavy atom. The molecule has 4 rings (SSSR count). The number of para-hydroxylation sites is 1. The van der Waals surface area contributed by atoms with Gasteiger partial charge in [0, 0.05) is 12.6 Å². The molecule has 123 valence electrons. The first-order valence-corrected chi connectivity index (χ1v) is 9.29. The molecule has 0 N–H and O–H groups in total. The Morgan fingerprint density at radius 3 is 2.62 bits per heavy atom. The summed E-state index contributed by atoms with van der Waals surface area (Å²) >= 11 is 1.58. The lowest BCUT2D eigenvalue weighted by molar-refractivity contribution is 0.259. The van der Waals surface area contributed by atoms with Crippen LogP contribution in [0.25, 0.3) is 10.2 Å². The summed E-state index contributed by atoms with van der Waals surface area (Å²) in [7, 11) is 0. The number of hydrogen-bond acceptors (Lipinski definition) is 4. The van der Waals surface area contributed by atoms with Gasteiger partial charge >= 0.3 is 0 Å². The van der Waals surface area contributed by atoms with Gasteiger partial charge in [0.05, 0.1) is 10.2 Å². The van der Waals surface area contributed by atoms with Crippen molar-refractivity contribution in [2.45, 2.75) is 31.8 Å². The molecule has 0 amide bonds. The van der Waals surface area contributed by atoms with E-state index in [0.717, 1.165) is 41.5 Å². The van der Waals surface area contributed by atoms with Crippen molar-refractivity contribution >= 4 is 21.6 Å². The summed E-state index contributed by atoms with van der Waals surface area (Å²) < 4.78 is 7.06. The molecule has 4 heteroatoms. The molecular formula is C20H21N2OS. The van der Waals surface area contributed by atoms with Crippen LogP contribution < -0.4 is 4.74 Å². The van der Waals surface area contributed by atoms with E-state index in [1.54, 1.807) is 11.3 Å². The van der Waals surface area contributed by atoms with Gasteiger partial charge in [-0.05, 0) is 55.6 Å². The summed E-state index contributed by atoms with van der Waals surface area (Å²) in [5.41, 5.74) is 2.31. The highest BCUT2D eigenvalue weighted by Gasteiger charge is 2.28. The summed E-state index contributed by atoms with van der Waals surface area (Å²) in [4.78, 5) is 7.05. The van der Waals surface area contributed by atoms with Gasteiger partial charge in [0.25, 0.3) is 5.19 Å². The third kappa shape index (κ3) is 3.60. The van der Waals surface area contributed by atoms with E-state index < -0.39 is 0 Å². The summed E-state index contributed by atoms with van der Waals surface area (Å²) in [6.07, 6.45) is 3.63. The summed E-state index contributed by atoms with van der Waals surface area (Å²) in [6.45, 7) is 6.07. The van der Waals surface area contributed by atoms with E-state index in [0.29, 0.717) is 5.19 Å². The fourth-order valence-corrected chi connectivity index (χ4v) is 3.76. The lowest BCUT2D eigenvalue weighted by Crippen LogP contribution is -2.26. The molecule has 1 heterocycles. The van der Waals surface area contributed by atoms with E-state index in [4.69, 9.17) is 4.74 Å². The quantitative estimate of drug-likeness (QED) is 0.587. The lowest BCUT2D eigenvalue weighted by Gasteiger charge is -2.21. The van der Waals surface area contributed by atoms with Crippen LogP contribution in [0.4, 0.5) is 0 Å². The van der Waals surface area contributed by atoms with Crippen molar-refractivity contribution in [3.8, 4) is 10.9 Å². The van der Waals surface area contributed by atoms with Gasteiger partial charge < -0.3 is 4.74 Å². The van der Waals surface area contributed by atoms with E-state index in [-0.39, 0.29) is 0 Å². The van der Waals surface area contributed by atoms with Gasteiger partial charge in [-0.3, -0.25) is 4.90 Å². The van der Waals surface area contributed by atoms with E-state index in [1.165, 1.54) is 18.4 Å². The zero-order chi connectivity index (χ0) is 16.4. The van der Waals surface area contributed by atoms with Crippen LogP contribution in [0.5, 0.6) is 10.9 Å². The second kappa shape index (κ2) is 6.91. The molecule has 3 nitrogen and oxygen atoms in total. The van der Waals surface area contributed by atoms with Crippen molar-refractivity contribution in [1.29, 1.82) is 0 Å². The number of nitrogens with zero attached hydrogens (tertiary/aromatic N) is 2. The number of aromatic nitrogens is 1. The predicted molar refractivity (Wildman–Crippen MR) is 99.5 cm³/mol. The minimum absolute atomic E-state index is 0.695. The average molecular weight is 337 g/mol. The number of hydrogen-bond donors (Lipinski definition) is 0. The highest BCUT2D eigenvalue weighted by atomic mass is 32.1. The molecule has 1 radical (unpaired) electrons.